The van der Waals surface area contributed by atoms with Crippen LogP contribution in [0.15, 0.2) is 0 Å². The fraction of sp³-hybridized carbons (Fsp3) is 0.909. The van der Waals surface area contributed by atoms with Crippen LogP contribution in [0.2, 0.25) is 0 Å². The molecule has 0 fully saturated rings. The van der Waals surface area contributed by atoms with Crippen LogP contribution in [0, 0.1) is 0 Å². The lowest BCUT2D eigenvalue weighted by atomic mass is 10.3. The number of unbranched alkanes of at least 4 members (excludes halogenated alkanes) is 1. The number of nitrogens with one attached hydrogen (secondary N) is 2. The molecular formula is C11H24N2O3S. The van der Waals surface area contributed by atoms with Crippen LogP contribution >= 0.6 is 12.2 Å². The normalized spacial score (nSPS) is 10.2. The molecule has 0 aromatic rings. The average Bonchev–Trinajstić information content (AvgIpc) is 2.33. The molecule has 0 spiro atoms. The molecular weight excluding hydrogens is 240 g/mol. The van der Waals surface area contributed by atoms with E-state index >= 15 is 0 Å². The maximum atomic E-state index is 5.34. The molecule has 0 amide bonds. The Morgan fingerprint density at radius 3 is 2.29 bits per heavy atom. The van der Waals surface area contributed by atoms with Crippen molar-refractivity contribution in [1.29, 1.82) is 0 Å². The maximum Gasteiger partial charge on any atom is 0.166 e. The summed E-state index contributed by atoms with van der Waals surface area (Å²) in [6, 6.07) is 0. The van der Waals surface area contributed by atoms with Gasteiger partial charge in [-0.15, -0.1) is 0 Å². The Balaban J connectivity index is 3.08. The topological polar surface area (TPSA) is 51.8 Å². The fourth-order valence-electron chi connectivity index (χ4n) is 1.10. The van der Waals surface area contributed by atoms with Crippen molar-refractivity contribution in [1.82, 2.24) is 10.6 Å². The highest BCUT2D eigenvalue weighted by Gasteiger charge is 1.94. The Bertz CT molecular complexity index is 182. The number of rotatable bonds is 11. The molecule has 0 atom stereocenters. The Labute approximate surface area is 109 Å². The first-order valence-corrected chi connectivity index (χ1v) is 6.29. The van der Waals surface area contributed by atoms with Crippen molar-refractivity contribution in [3.8, 4) is 0 Å². The molecule has 0 rings (SSSR count). The monoisotopic (exact) mass is 264 g/mol. The van der Waals surface area contributed by atoms with E-state index in [4.69, 9.17) is 26.4 Å². The second kappa shape index (κ2) is 13.6. The lowest BCUT2D eigenvalue weighted by Gasteiger charge is -2.09. The molecule has 0 heterocycles. The van der Waals surface area contributed by atoms with Gasteiger partial charge in [0.25, 0.3) is 0 Å². The number of methoxy groups -OCH3 is 2. The van der Waals surface area contributed by atoms with Gasteiger partial charge in [0.2, 0.25) is 0 Å². The van der Waals surface area contributed by atoms with Gasteiger partial charge in [-0.25, -0.2) is 0 Å². The van der Waals surface area contributed by atoms with Crippen molar-refractivity contribution < 1.29 is 14.2 Å². The first-order chi connectivity index (χ1) is 8.31. The molecule has 6 heteroatoms. The summed E-state index contributed by atoms with van der Waals surface area (Å²) in [6.07, 6.45) is 2.07. The molecule has 0 unspecified atom stereocenters. The van der Waals surface area contributed by atoms with Crippen molar-refractivity contribution in [2.45, 2.75) is 12.8 Å². The van der Waals surface area contributed by atoms with E-state index in [0.717, 1.165) is 32.5 Å². The minimum atomic E-state index is 0.658. The summed E-state index contributed by atoms with van der Waals surface area (Å²) in [5.41, 5.74) is 0. The predicted molar refractivity (Wildman–Crippen MR) is 72.4 cm³/mol. The van der Waals surface area contributed by atoms with Gasteiger partial charge < -0.3 is 24.8 Å². The highest BCUT2D eigenvalue weighted by Crippen LogP contribution is 1.88. The van der Waals surface area contributed by atoms with Gasteiger partial charge in [0.1, 0.15) is 0 Å². The summed E-state index contributed by atoms with van der Waals surface area (Å²) in [5.74, 6) is 0. The zero-order chi connectivity index (χ0) is 12.8. The van der Waals surface area contributed by atoms with E-state index in [1.807, 2.05) is 0 Å². The molecule has 0 aliphatic carbocycles. The molecule has 102 valence electrons. The minimum absolute atomic E-state index is 0.658. The molecule has 0 aromatic heterocycles. The van der Waals surface area contributed by atoms with Crippen LogP contribution in [0.4, 0.5) is 0 Å². The zero-order valence-corrected chi connectivity index (χ0v) is 11.6. The smallest absolute Gasteiger partial charge is 0.166 e. The Hall–Kier alpha value is -0.430. The summed E-state index contributed by atoms with van der Waals surface area (Å²) in [7, 11) is 3.34. The summed E-state index contributed by atoms with van der Waals surface area (Å²) in [4.78, 5) is 0. The van der Waals surface area contributed by atoms with Crippen LogP contribution in [0.1, 0.15) is 12.8 Å². The van der Waals surface area contributed by atoms with Crippen LogP contribution in [0.3, 0.4) is 0 Å². The van der Waals surface area contributed by atoms with Gasteiger partial charge in [-0.1, -0.05) is 0 Å². The molecule has 0 aliphatic rings. The Kier molecular flexibility index (Phi) is 13.3. The van der Waals surface area contributed by atoms with Crippen LogP contribution in [0.25, 0.3) is 0 Å². The van der Waals surface area contributed by atoms with Crippen molar-refractivity contribution >= 4 is 17.3 Å². The summed E-state index contributed by atoms with van der Waals surface area (Å²) in [5, 5.41) is 6.86. The lowest BCUT2D eigenvalue weighted by molar-refractivity contribution is 0.0689. The molecule has 17 heavy (non-hydrogen) atoms. The Morgan fingerprint density at radius 1 is 0.882 bits per heavy atom. The number of thiocarbonyl (C=S) groups is 1. The molecule has 0 saturated heterocycles. The highest BCUT2D eigenvalue weighted by atomic mass is 32.1. The summed E-state index contributed by atoms with van der Waals surface area (Å²) >= 11 is 5.08. The second-order valence-electron chi connectivity index (χ2n) is 3.49. The van der Waals surface area contributed by atoms with Gasteiger partial charge in [0.15, 0.2) is 5.11 Å². The van der Waals surface area contributed by atoms with E-state index in [1.54, 1.807) is 14.2 Å². The molecule has 0 aliphatic heterocycles. The van der Waals surface area contributed by atoms with E-state index in [0.29, 0.717) is 24.9 Å². The first-order valence-electron chi connectivity index (χ1n) is 5.88. The quantitative estimate of drug-likeness (QED) is 0.420. The van der Waals surface area contributed by atoms with Crippen LogP contribution in [-0.4, -0.2) is 58.8 Å². The maximum absolute atomic E-state index is 5.34. The third-order valence-corrected chi connectivity index (χ3v) is 2.31. The van der Waals surface area contributed by atoms with Gasteiger partial charge in [0, 0.05) is 33.9 Å². The van der Waals surface area contributed by atoms with Crippen molar-refractivity contribution in [3.63, 3.8) is 0 Å². The van der Waals surface area contributed by atoms with E-state index < -0.39 is 0 Å². The van der Waals surface area contributed by atoms with Crippen LogP contribution in [0.5, 0.6) is 0 Å². The van der Waals surface area contributed by atoms with E-state index in [1.165, 1.54) is 0 Å². The third-order valence-electron chi connectivity index (χ3n) is 2.02. The largest absolute Gasteiger partial charge is 0.383 e. The van der Waals surface area contributed by atoms with E-state index in [2.05, 4.69) is 10.6 Å². The molecule has 0 aromatic carbocycles. The van der Waals surface area contributed by atoms with Crippen molar-refractivity contribution in [2.24, 2.45) is 0 Å². The van der Waals surface area contributed by atoms with E-state index in [-0.39, 0.29) is 0 Å². The molecule has 0 radical (unpaired) electrons. The molecule has 5 nitrogen and oxygen atoms in total. The third kappa shape index (κ3) is 13.5. The average molecular weight is 264 g/mol. The SMILES string of the molecule is COCCNC(=S)NCCCCOCCOC. The molecule has 2 N–H and O–H groups in total. The first kappa shape index (κ1) is 16.6. The standard InChI is InChI=1S/C11H24N2O3S/c1-14-8-6-13-11(17)12-5-3-4-7-16-10-9-15-2/h3-10H2,1-2H3,(H2,12,13,17). The van der Waals surface area contributed by atoms with Gasteiger partial charge in [-0.05, 0) is 25.1 Å². The summed E-state index contributed by atoms with van der Waals surface area (Å²) < 4.78 is 15.1. The van der Waals surface area contributed by atoms with Gasteiger partial charge in [0.05, 0.1) is 19.8 Å². The van der Waals surface area contributed by atoms with Gasteiger partial charge >= 0.3 is 0 Å². The summed E-state index contributed by atoms with van der Waals surface area (Å²) in [6.45, 7) is 4.37. The van der Waals surface area contributed by atoms with E-state index in [9.17, 15) is 0 Å². The number of ether oxygens (including phenoxy) is 3. The van der Waals surface area contributed by atoms with Crippen LogP contribution in [-0.2, 0) is 14.2 Å². The predicted octanol–water partition coefficient (Wildman–Crippen LogP) is 0.540. The molecule has 0 saturated carbocycles. The lowest BCUT2D eigenvalue weighted by Crippen LogP contribution is -2.37. The van der Waals surface area contributed by atoms with Gasteiger partial charge in [-0.3, -0.25) is 0 Å². The fourth-order valence-corrected chi connectivity index (χ4v) is 1.31. The van der Waals surface area contributed by atoms with Gasteiger partial charge in [-0.2, -0.15) is 0 Å². The van der Waals surface area contributed by atoms with Crippen molar-refractivity contribution in [2.75, 3.05) is 53.7 Å². The number of hydrogen-bond donors (Lipinski definition) is 2. The van der Waals surface area contributed by atoms with Crippen LogP contribution < -0.4 is 10.6 Å². The highest BCUT2D eigenvalue weighted by molar-refractivity contribution is 7.80. The number of hydrogen-bond acceptors (Lipinski definition) is 4. The minimum Gasteiger partial charge on any atom is -0.383 e. The molecule has 0 bridgehead atoms. The Morgan fingerprint density at radius 2 is 1.59 bits per heavy atom. The zero-order valence-electron chi connectivity index (χ0n) is 10.8. The second-order valence-corrected chi connectivity index (χ2v) is 3.90. The van der Waals surface area contributed by atoms with Crippen molar-refractivity contribution in [3.05, 3.63) is 0 Å².